The van der Waals surface area contributed by atoms with Crippen LogP contribution in [0.25, 0.3) is 10.2 Å². The van der Waals surface area contributed by atoms with Gasteiger partial charge in [0.2, 0.25) is 0 Å². The molecule has 2 aromatic carbocycles. The molecule has 0 bridgehead atoms. The fraction of sp³-hybridized carbons (Fsp3) is 0.250. The first kappa shape index (κ1) is 22.1. The molecule has 0 saturated carbocycles. The third kappa shape index (κ3) is 5.13. The number of rotatable bonds is 7. The lowest BCUT2D eigenvalue weighted by Crippen LogP contribution is -2.23. The Balaban J connectivity index is 1.95. The van der Waals surface area contributed by atoms with Gasteiger partial charge in [-0.05, 0) is 37.3 Å². The van der Waals surface area contributed by atoms with E-state index in [0.29, 0.717) is 38.5 Å². The van der Waals surface area contributed by atoms with E-state index in [1.807, 2.05) is 19.1 Å². The second-order valence-corrected chi connectivity index (χ2v) is 7.80. The summed E-state index contributed by atoms with van der Waals surface area (Å²) in [5, 5.41) is 0.752. The number of fused-ring (bicyclic) bond motifs is 1. The van der Waals surface area contributed by atoms with Crippen LogP contribution in [0.1, 0.15) is 6.92 Å². The first-order valence-electron chi connectivity index (χ1n) is 8.90. The minimum atomic E-state index is -0.538. The van der Waals surface area contributed by atoms with Crippen molar-refractivity contribution in [1.82, 2.24) is 4.57 Å². The summed E-state index contributed by atoms with van der Waals surface area (Å²) in [6.07, 6.45) is 0. The van der Waals surface area contributed by atoms with Gasteiger partial charge in [-0.1, -0.05) is 40.6 Å². The van der Waals surface area contributed by atoms with Gasteiger partial charge in [0, 0.05) is 5.02 Å². The van der Waals surface area contributed by atoms with Gasteiger partial charge in [0.15, 0.2) is 11.4 Å². The van der Waals surface area contributed by atoms with Crippen LogP contribution in [-0.4, -0.2) is 36.8 Å². The summed E-state index contributed by atoms with van der Waals surface area (Å²) in [6.45, 7) is 1.88. The number of nitrogens with zero attached hydrogens (tertiary/aromatic N) is 2. The Labute approximate surface area is 186 Å². The number of halogens is 2. The Morgan fingerprint density at radius 1 is 1.13 bits per heavy atom. The fourth-order valence-corrected chi connectivity index (χ4v) is 4.19. The molecule has 1 aromatic heterocycles. The number of benzene rings is 2. The first-order chi connectivity index (χ1) is 14.4. The quantitative estimate of drug-likeness (QED) is 0.487. The van der Waals surface area contributed by atoms with Gasteiger partial charge in [-0.15, -0.1) is 0 Å². The van der Waals surface area contributed by atoms with Crippen LogP contribution < -0.4 is 14.3 Å². The fourth-order valence-electron chi connectivity index (χ4n) is 2.67. The van der Waals surface area contributed by atoms with Crippen LogP contribution >= 0.6 is 34.5 Å². The minimum absolute atomic E-state index is 0.115. The maximum atomic E-state index is 12.4. The molecule has 0 spiro atoms. The van der Waals surface area contributed by atoms with E-state index in [0.717, 1.165) is 4.70 Å². The number of aromatic nitrogens is 1. The molecule has 0 N–H and O–H groups in total. The normalized spacial score (nSPS) is 11.5. The predicted octanol–water partition coefficient (Wildman–Crippen LogP) is 4.09. The van der Waals surface area contributed by atoms with Crippen molar-refractivity contribution < 1.29 is 23.8 Å². The minimum Gasteiger partial charge on any atom is -0.492 e. The van der Waals surface area contributed by atoms with Crippen LogP contribution in [-0.2, 0) is 20.9 Å². The van der Waals surface area contributed by atoms with Gasteiger partial charge in [0.25, 0.3) is 5.91 Å². The standard InChI is InChI=1S/C20H18Cl2N2O5S/c1-3-28-15-5-4-6-16-19(15)24(10-18(26)27-2)20(30-16)23-17(25)11-29-14-8-7-12(21)9-13(14)22/h4-9H,3,10-11H2,1-2H3. The molecule has 3 rings (SSSR count). The Hall–Kier alpha value is -2.55. The van der Waals surface area contributed by atoms with Crippen molar-refractivity contribution in [3.05, 3.63) is 51.2 Å². The molecule has 0 aliphatic heterocycles. The van der Waals surface area contributed by atoms with Crippen molar-refractivity contribution in [1.29, 1.82) is 0 Å². The summed E-state index contributed by atoms with van der Waals surface area (Å²) in [5.74, 6) is -0.0986. The molecule has 0 radical (unpaired) electrons. The van der Waals surface area contributed by atoms with Crippen molar-refractivity contribution in [3.63, 3.8) is 0 Å². The van der Waals surface area contributed by atoms with Gasteiger partial charge in [-0.25, -0.2) is 0 Å². The highest BCUT2D eigenvalue weighted by Crippen LogP contribution is 2.28. The van der Waals surface area contributed by atoms with Gasteiger partial charge >= 0.3 is 5.97 Å². The smallest absolute Gasteiger partial charge is 0.325 e. The lowest BCUT2D eigenvalue weighted by Gasteiger charge is -2.09. The summed E-state index contributed by atoms with van der Waals surface area (Å²) in [5.41, 5.74) is 0.669. The van der Waals surface area contributed by atoms with E-state index in [2.05, 4.69) is 4.99 Å². The monoisotopic (exact) mass is 468 g/mol. The third-order valence-electron chi connectivity index (χ3n) is 3.94. The Kier molecular flexibility index (Phi) is 7.36. The molecule has 0 aliphatic carbocycles. The van der Waals surface area contributed by atoms with Crippen molar-refractivity contribution >= 4 is 56.6 Å². The van der Waals surface area contributed by atoms with Crippen molar-refractivity contribution in [2.45, 2.75) is 13.5 Å². The largest absolute Gasteiger partial charge is 0.492 e. The SMILES string of the molecule is CCOc1cccc2sc(=NC(=O)COc3ccc(Cl)cc3Cl)n(CC(=O)OC)c12. The van der Waals surface area contributed by atoms with E-state index in [4.69, 9.17) is 37.4 Å². The second-order valence-electron chi connectivity index (χ2n) is 5.95. The van der Waals surface area contributed by atoms with E-state index in [1.54, 1.807) is 22.8 Å². The molecule has 1 heterocycles. The second kappa shape index (κ2) is 9.97. The molecule has 7 nitrogen and oxygen atoms in total. The van der Waals surface area contributed by atoms with Crippen molar-refractivity contribution in [2.24, 2.45) is 4.99 Å². The number of ether oxygens (including phenoxy) is 3. The van der Waals surface area contributed by atoms with Crippen LogP contribution in [0.15, 0.2) is 41.4 Å². The van der Waals surface area contributed by atoms with E-state index >= 15 is 0 Å². The molecular weight excluding hydrogens is 451 g/mol. The molecule has 158 valence electrons. The zero-order valence-corrected chi connectivity index (χ0v) is 18.5. The van der Waals surface area contributed by atoms with E-state index in [-0.39, 0.29) is 13.2 Å². The van der Waals surface area contributed by atoms with E-state index in [1.165, 1.54) is 24.5 Å². The molecule has 0 atom stereocenters. The Bertz CT molecular complexity index is 1160. The summed E-state index contributed by atoms with van der Waals surface area (Å²) in [6, 6.07) is 10.2. The van der Waals surface area contributed by atoms with Gasteiger partial charge in [0.05, 0.1) is 23.4 Å². The molecule has 0 saturated heterocycles. The number of thiazole rings is 1. The van der Waals surface area contributed by atoms with Crippen LogP contribution in [0, 0.1) is 0 Å². The number of hydrogen-bond acceptors (Lipinski definition) is 6. The molecule has 3 aromatic rings. The highest BCUT2D eigenvalue weighted by molar-refractivity contribution is 7.16. The lowest BCUT2D eigenvalue weighted by atomic mass is 10.3. The summed E-state index contributed by atoms with van der Waals surface area (Å²) < 4.78 is 18.3. The summed E-state index contributed by atoms with van der Waals surface area (Å²) in [7, 11) is 1.30. The van der Waals surface area contributed by atoms with Crippen molar-refractivity contribution in [2.75, 3.05) is 20.3 Å². The number of amides is 1. The maximum Gasteiger partial charge on any atom is 0.325 e. The zero-order valence-electron chi connectivity index (χ0n) is 16.2. The van der Waals surface area contributed by atoms with Crippen LogP contribution in [0.4, 0.5) is 0 Å². The van der Waals surface area contributed by atoms with Gasteiger partial charge in [0.1, 0.15) is 23.6 Å². The number of para-hydroxylation sites is 1. The highest BCUT2D eigenvalue weighted by Gasteiger charge is 2.16. The zero-order chi connectivity index (χ0) is 21.7. The number of methoxy groups -OCH3 is 1. The first-order valence-corrected chi connectivity index (χ1v) is 10.5. The predicted molar refractivity (Wildman–Crippen MR) is 116 cm³/mol. The molecule has 1 amide bonds. The average Bonchev–Trinajstić information content (AvgIpc) is 3.05. The lowest BCUT2D eigenvalue weighted by molar-refractivity contribution is -0.141. The third-order valence-corrected chi connectivity index (χ3v) is 5.52. The van der Waals surface area contributed by atoms with E-state index in [9.17, 15) is 9.59 Å². The Morgan fingerprint density at radius 3 is 2.63 bits per heavy atom. The topological polar surface area (TPSA) is 79.1 Å². The van der Waals surface area contributed by atoms with Crippen LogP contribution in [0.3, 0.4) is 0 Å². The average molecular weight is 469 g/mol. The van der Waals surface area contributed by atoms with Crippen LogP contribution in [0.5, 0.6) is 11.5 Å². The molecule has 0 aliphatic rings. The number of esters is 1. The Morgan fingerprint density at radius 2 is 1.93 bits per heavy atom. The number of carbonyl (C=O) groups excluding carboxylic acids is 2. The summed E-state index contributed by atoms with van der Waals surface area (Å²) in [4.78, 5) is 28.9. The highest BCUT2D eigenvalue weighted by atomic mass is 35.5. The van der Waals surface area contributed by atoms with Gasteiger partial charge in [-0.2, -0.15) is 4.99 Å². The molecule has 0 fully saturated rings. The van der Waals surface area contributed by atoms with Gasteiger partial charge in [-0.3, -0.25) is 9.59 Å². The number of hydrogen-bond donors (Lipinski definition) is 0. The molecular formula is C20H18Cl2N2O5S. The molecule has 30 heavy (non-hydrogen) atoms. The van der Waals surface area contributed by atoms with Crippen molar-refractivity contribution in [3.8, 4) is 11.5 Å². The molecule has 0 unspecified atom stereocenters. The maximum absolute atomic E-state index is 12.4. The summed E-state index contributed by atoms with van der Waals surface area (Å²) >= 11 is 13.2. The van der Waals surface area contributed by atoms with Crippen LogP contribution in [0.2, 0.25) is 10.0 Å². The van der Waals surface area contributed by atoms with E-state index < -0.39 is 11.9 Å². The van der Waals surface area contributed by atoms with Gasteiger partial charge < -0.3 is 18.8 Å². The molecule has 10 heteroatoms. The number of carbonyl (C=O) groups is 2.